The first-order valence-electron chi connectivity index (χ1n) is 7.32. The summed E-state index contributed by atoms with van der Waals surface area (Å²) < 4.78 is 5.75. The van der Waals surface area contributed by atoms with Crippen LogP contribution in [-0.2, 0) is 9.53 Å². The standard InChI is InChI=1S/C14H26N2O2/c1-11-2-3-13(18-11)4-5-14(17)16-8-6-12(10-15)7-9-16/h11-13H,2-10,15H2,1H3. The Labute approximate surface area is 110 Å². The number of likely N-dealkylation sites (tertiary alicyclic amines) is 1. The highest BCUT2D eigenvalue weighted by atomic mass is 16.5. The fraction of sp³-hybridized carbons (Fsp3) is 0.929. The molecule has 0 aromatic carbocycles. The molecule has 0 aromatic rings. The lowest BCUT2D eigenvalue weighted by atomic mass is 9.97. The number of carbonyl (C=O) groups is 1. The van der Waals surface area contributed by atoms with Gasteiger partial charge in [0.25, 0.3) is 0 Å². The number of hydrogen-bond donors (Lipinski definition) is 1. The second-order valence-electron chi connectivity index (χ2n) is 5.74. The molecular formula is C14H26N2O2. The van der Waals surface area contributed by atoms with Crippen LogP contribution in [0.3, 0.4) is 0 Å². The maximum atomic E-state index is 12.1. The van der Waals surface area contributed by atoms with E-state index in [1.165, 1.54) is 0 Å². The Balaban J connectivity index is 1.66. The first-order valence-corrected chi connectivity index (χ1v) is 7.32. The maximum Gasteiger partial charge on any atom is 0.222 e. The Kier molecular flexibility index (Phi) is 5.01. The van der Waals surface area contributed by atoms with Crippen molar-refractivity contribution in [3.8, 4) is 0 Å². The molecule has 2 saturated heterocycles. The Bertz CT molecular complexity index is 275. The van der Waals surface area contributed by atoms with Crippen LogP contribution >= 0.6 is 0 Å². The zero-order valence-electron chi connectivity index (χ0n) is 11.4. The van der Waals surface area contributed by atoms with E-state index in [0.717, 1.165) is 51.7 Å². The minimum Gasteiger partial charge on any atom is -0.375 e. The van der Waals surface area contributed by atoms with Gasteiger partial charge < -0.3 is 15.4 Å². The Morgan fingerprint density at radius 3 is 2.56 bits per heavy atom. The van der Waals surface area contributed by atoms with E-state index in [0.29, 0.717) is 30.5 Å². The van der Waals surface area contributed by atoms with Crippen LogP contribution in [0.5, 0.6) is 0 Å². The van der Waals surface area contributed by atoms with Crippen LogP contribution in [0.25, 0.3) is 0 Å². The summed E-state index contributed by atoms with van der Waals surface area (Å²) in [6.45, 7) is 4.65. The number of nitrogens with zero attached hydrogens (tertiary/aromatic N) is 1. The van der Waals surface area contributed by atoms with Gasteiger partial charge in [-0.1, -0.05) is 0 Å². The number of carbonyl (C=O) groups excluding carboxylic acids is 1. The van der Waals surface area contributed by atoms with Crippen LogP contribution in [0, 0.1) is 5.92 Å². The van der Waals surface area contributed by atoms with Gasteiger partial charge in [0, 0.05) is 19.5 Å². The van der Waals surface area contributed by atoms with Crippen molar-refractivity contribution in [1.82, 2.24) is 4.90 Å². The van der Waals surface area contributed by atoms with E-state index in [2.05, 4.69) is 6.92 Å². The SMILES string of the molecule is CC1CCC(CCC(=O)N2CCC(CN)CC2)O1. The molecule has 2 rings (SSSR count). The van der Waals surface area contributed by atoms with Gasteiger partial charge in [0.1, 0.15) is 0 Å². The lowest BCUT2D eigenvalue weighted by Crippen LogP contribution is -2.40. The first kappa shape index (κ1) is 13.8. The summed E-state index contributed by atoms with van der Waals surface area (Å²) in [6, 6.07) is 0. The largest absolute Gasteiger partial charge is 0.375 e. The van der Waals surface area contributed by atoms with Gasteiger partial charge in [-0.05, 0) is 51.5 Å². The van der Waals surface area contributed by atoms with E-state index in [1.807, 2.05) is 4.90 Å². The minimum absolute atomic E-state index is 0.300. The van der Waals surface area contributed by atoms with E-state index in [9.17, 15) is 4.79 Å². The highest BCUT2D eigenvalue weighted by Gasteiger charge is 2.25. The summed E-state index contributed by atoms with van der Waals surface area (Å²) in [6.07, 6.45) is 6.61. The molecule has 1 amide bonds. The van der Waals surface area contributed by atoms with Crippen LogP contribution < -0.4 is 5.73 Å². The highest BCUT2D eigenvalue weighted by molar-refractivity contribution is 5.76. The predicted molar refractivity (Wildman–Crippen MR) is 71.2 cm³/mol. The van der Waals surface area contributed by atoms with Crippen molar-refractivity contribution in [3.63, 3.8) is 0 Å². The van der Waals surface area contributed by atoms with Gasteiger partial charge in [-0.2, -0.15) is 0 Å². The van der Waals surface area contributed by atoms with Crippen molar-refractivity contribution in [2.45, 2.75) is 57.7 Å². The zero-order chi connectivity index (χ0) is 13.0. The van der Waals surface area contributed by atoms with Gasteiger partial charge in [0.15, 0.2) is 0 Å². The molecule has 0 bridgehead atoms. The average molecular weight is 254 g/mol. The molecule has 18 heavy (non-hydrogen) atoms. The summed E-state index contributed by atoms with van der Waals surface area (Å²) >= 11 is 0. The average Bonchev–Trinajstić information content (AvgIpc) is 2.82. The fourth-order valence-electron chi connectivity index (χ4n) is 2.96. The number of ether oxygens (including phenoxy) is 1. The normalized spacial score (nSPS) is 29.8. The second kappa shape index (κ2) is 6.53. The lowest BCUT2D eigenvalue weighted by Gasteiger charge is -2.31. The molecule has 2 heterocycles. The van der Waals surface area contributed by atoms with E-state index in [-0.39, 0.29) is 0 Å². The van der Waals surface area contributed by atoms with Gasteiger partial charge >= 0.3 is 0 Å². The zero-order valence-corrected chi connectivity index (χ0v) is 11.4. The number of piperidine rings is 1. The molecule has 0 spiro atoms. The summed E-state index contributed by atoms with van der Waals surface area (Å²) in [5, 5.41) is 0. The van der Waals surface area contributed by atoms with Crippen molar-refractivity contribution in [3.05, 3.63) is 0 Å². The molecule has 104 valence electrons. The molecule has 0 radical (unpaired) electrons. The number of nitrogens with two attached hydrogens (primary N) is 1. The topological polar surface area (TPSA) is 55.6 Å². The van der Waals surface area contributed by atoms with Crippen LogP contribution in [0.15, 0.2) is 0 Å². The van der Waals surface area contributed by atoms with E-state index >= 15 is 0 Å². The van der Waals surface area contributed by atoms with Crippen molar-refractivity contribution in [2.24, 2.45) is 11.7 Å². The monoisotopic (exact) mass is 254 g/mol. The molecule has 2 atom stereocenters. The van der Waals surface area contributed by atoms with E-state index in [1.54, 1.807) is 0 Å². The molecule has 0 saturated carbocycles. The van der Waals surface area contributed by atoms with Gasteiger partial charge in [-0.25, -0.2) is 0 Å². The third-order valence-electron chi connectivity index (χ3n) is 4.30. The molecule has 2 N–H and O–H groups in total. The summed E-state index contributed by atoms with van der Waals surface area (Å²) in [5.74, 6) is 0.918. The predicted octanol–water partition coefficient (Wildman–Crippen LogP) is 1.53. The summed E-state index contributed by atoms with van der Waals surface area (Å²) in [5.41, 5.74) is 5.66. The molecular weight excluding hydrogens is 228 g/mol. The van der Waals surface area contributed by atoms with E-state index in [4.69, 9.17) is 10.5 Å². The van der Waals surface area contributed by atoms with Crippen LogP contribution in [-0.4, -0.2) is 42.6 Å². The van der Waals surface area contributed by atoms with Crippen LogP contribution in [0.4, 0.5) is 0 Å². The number of hydrogen-bond acceptors (Lipinski definition) is 3. The quantitative estimate of drug-likeness (QED) is 0.828. The van der Waals surface area contributed by atoms with Crippen molar-refractivity contribution in [2.75, 3.05) is 19.6 Å². The van der Waals surface area contributed by atoms with Crippen molar-refractivity contribution < 1.29 is 9.53 Å². The second-order valence-corrected chi connectivity index (χ2v) is 5.74. The van der Waals surface area contributed by atoms with Crippen molar-refractivity contribution in [1.29, 1.82) is 0 Å². The lowest BCUT2D eigenvalue weighted by molar-refractivity contribution is -0.133. The van der Waals surface area contributed by atoms with Gasteiger partial charge in [-0.15, -0.1) is 0 Å². The summed E-state index contributed by atoms with van der Waals surface area (Å²) in [7, 11) is 0. The van der Waals surface area contributed by atoms with Gasteiger partial charge in [0.2, 0.25) is 5.91 Å². The van der Waals surface area contributed by atoms with Gasteiger partial charge in [0.05, 0.1) is 12.2 Å². The third kappa shape index (κ3) is 3.69. The molecule has 2 unspecified atom stereocenters. The summed E-state index contributed by atoms with van der Waals surface area (Å²) in [4.78, 5) is 14.1. The molecule has 4 heteroatoms. The van der Waals surface area contributed by atoms with Gasteiger partial charge in [-0.3, -0.25) is 4.79 Å². The Hall–Kier alpha value is -0.610. The minimum atomic E-state index is 0.300. The molecule has 0 aromatic heterocycles. The molecule has 2 aliphatic rings. The number of amides is 1. The molecule has 2 aliphatic heterocycles. The third-order valence-corrected chi connectivity index (χ3v) is 4.30. The smallest absolute Gasteiger partial charge is 0.222 e. The van der Waals surface area contributed by atoms with Crippen LogP contribution in [0.2, 0.25) is 0 Å². The Morgan fingerprint density at radius 1 is 1.28 bits per heavy atom. The fourth-order valence-corrected chi connectivity index (χ4v) is 2.96. The molecule has 2 fully saturated rings. The molecule has 0 aliphatic carbocycles. The number of rotatable bonds is 4. The molecule has 4 nitrogen and oxygen atoms in total. The maximum absolute atomic E-state index is 12.1. The van der Waals surface area contributed by atoms with Crippen LogP contribution in [0.1, 0.15) is 45.4 Å². The van der Waals surface area contributed by atoms with Crippen molar-refractivity contribution >= 4 is 5.91 Å². The highest BCUT2D eigenvalue weighted by Crippen LogP contribution is 2.23. The Morgan fingerprint density at radius 2 is 2.00 bits per heavy atom. The van der Waals surface area contributed by atoms with E-state index < -0.39 is 0 Å². The first-order chi connectivity index (χ1) is 8.69.